The summed E-state index contributed by atoms with van der Waals surface area (Å²) >= 11 is 7.65. The summed E-state index contributed by atoms with van der Waals surface area (Å²) in [4.78, 5) is 37.9. The number of aryl methyl sites for hydroxylation is 1. The smallest absolute Gasteiger partial charge is 0.350 e. The standard InChI is InChI=1S/C33H40ClF2N5O3S/c1-7-28(42)41-20(5)15-39(16-21(41)6)32-24-12-19(4)29(23-13-25(34)27(36)14-26(23)35)31-30(24)40(33(43)37-32)17-22(18-45-31)44-11-10-38(8-2)9-3/h7,12-14,20-22H,1,8-11,15-18H2,2-6H3/t20-,21+,22-/m0/s1. The second-order valence-corrected chi connectivity index (χ2v) is 13.2. The fourth-order valence-electron chi connectivity index (χ4n) is 6.58. The van der Waals surface area contributed by atoms with Crippen LogP contribution in [0.15, 0.2) is 40.5 Å². The number of amides is 1. The predicted octanol–water partition coefficient (Wildman–Crippen LogP) is 5.75. The van der Waals surface area contributed by atoms with E-state index in [1.165, 1.54) is 23.9 Å². The minimum absolute atomic E-state index is 0.139. The van der Waals surface area contributed by atoms with Gasteiger partial charge in [0.05, 0.1) is 29.8 Å². The molecule has 3 heterocycles. The number of carbonyl (C=O) groups is 1. The summed E-state index contributed by atoms with van der Waals surface area (Å²) in [5.74, 6) is -0.670. The van der Waals surface area contributed by atoms with Crippen LogP contribution in [-0.4, -0.2) is 88.5 Å². The van der Waals surface area contributed by atoms with Crippen LogP contribution in [0.4, 0.5) is 14.6 Å². The summed E-state index contributed by atoms with van der Waals surface area (Å²) < 4.78 is 37.6. The van der Waals surface area contributed by atoms with E-state index in [0.717, 1.165) is 36.7 Å². The lowest BCUT2D eigenvalue weighted by Crippen LogP contribution is -2.58. The van der Waals surface area contributed by atoms with Crippen molar-refractivity contribution in [3.8, 4) is 11.1 Å². The Labute approximate surface area is 272 Å². The molecular weight excluding hydrogens is 620 g/mol. The Kier molecular flexibility index (Phi) is 10.2. The molecule has 12 heteroatoms. The van der Waals surface area contributed by atoms with Crippen LogP contribution in [0.2, 0.25) is 5.02 Å². The van der Waals surface area contributed by atoms with Crippen LogP contribution in [0.3, 0.4) is 0 Å². The van der Waals surface area contributed by atoms with Crippen molar-refractivity contribution in [3.63, 3.8) is 0 Å². The summed E-state index contributed by atoms with van der Waals surface area (Å²) in [6.07, 6.45) is 1.03. The SMILES string of the molecule is C=CC(=O)N1[C@H](C)CN(c2nc(=O)n3c4c(c(-c5cc(Cl)c(F)cc5F)c(C)cc24)SC[C@@H](OCCN(CC)CC)C3)C[C@@H]1C. The Hall–Kier alpha value is -2.99. The number of nitrogens with zero attached hydrogens (tertiary/aromatic N) is 5. The molecule has 8 nitrogen and oxygen atoms in total. The van der Waals surface area contributed by atoms with Crippen LogP contribution in [0.1, 0.15) is 33.3 Å². The highest BCUT2D eigenvalue weighted by Gasteiger charge is 2.35. The summed E-state index contributed by atoms with van der Waals surface area (Å²) in [6.45, 7) is 18.0. The van der Waals surface area contributed by atoms with Gasteiger partial charge in [-0.3, -0.25) is 9.36 Å². The summed E-state index contributed by atoms with van der Waals surface area (Å²) in [7, 11) is 0. The molecule has 242 valence electrons. The molecule has 3 atom stereocenters. The minimum Gasteiger partial charge on any atom is -0.374 e. The number of halogens is 3. The second kappa shape index (κ2) is 13.8. The number of ether oxygens (including phenoxy) is 1. The molecular formula is C33H40ClF2N5O3S. The Morgan fingerprint density at radius 3 is 2.49 bits per heavy atom. The van der Waals surface area contributed by atoms with Crippen molar-refractivity contribution in [2.45, 2.75) is 64.2 Å². The fourth-order valence-corrected chi connectivity index (χ4v) is 8.07. The number of likely N-dealkylation sites (N-methyl/N-ethyl adjacent to an activating group) is 1. The number of thioether (sulfide) groups is 1. The number of carbonyl (C=O) groups excluding carboxylic acids is 1. The van der Waals surface area contributed by atoms with E-state index in [2.05, 4.69) is 35.2 Å². The third-order valence-electron chi connectivity index (χ3n) is 8.78. The molecule has 0 spiro atoms. The molecule has 0 N–H and O–H groups in total. The molecule has 45 heavy (non-hydrogen) atoms. The largest absolute Gasteiger partial charge is 0.374 e. The highest BCUT2D eigenvalue weighted by atomic mass is 35.5. The third-order valence-corrected chi connectivity index (χ3v) is 10.3. The van der Waals surface area contributed by atoms with E-state index in [-0.39, 0.29) is 41.2 Å². The van der Waals surface area contributed by atoms with Gasteiger partial charge in [0.15, 0.2) is 0 Å². The van der Waals surface area contributed by atoms with Gasteiger partial charge in [0, 0.05) is 64.9 Å². The fraction of sp³-hybridized carbons (Fsp3) is 0.485. The van der Waals surface area contributed by atoms with Crippen molar-refractivity contribution in [3.05, 3.63) is 63.6 Å². The Morgan fingerprint density at radius 2 is 1.84 bits per heavy atom. The zero-order chi connectivity index (χ0) is 32.6. The molecule has 0 bridgehead atoms. The Bertz CT molecular complexity index is 1670. The lowest BCUT2D eigenvalue weighted by atomic mass is 9.97. The summed E-state index contributed by atoms with van der Waals surface area (Å²) in [5.41, 5.74) is 1.66. The van der Waals surface area contributed by atoms with Crippen molar-refractivity contribution in [2.24, 2.45) is 0 Å². The molecule has 1 fully saturated rings. The number of rotatable bonds is 9. The van der Waals surface area contributed by atoms with Crippen LogP contribution in [-0.2, 0) is 16.1 Å². The summed E-state index contributed by atoms with van der Waals surface area (Å²) in [5, 5.41) is 0.565. The van der Waals surface area contributed by atoms with Gasteiger partial charge in [-0.2, -0.15) is 4.98 Å². The minimum atomic E-state index is -0.836. The van der Waals surface area contributed by atoms with Gasteiger partial charge >= 0.3 is 5.69 Å². The maximum Gasteiger partial charge on any atom is 0.350 e. The van der Waals surface area contributed by atoms with Crippen LogP contribution >= 0.6 is 23.4 Å². The van der Waals surface area contributed by atoms with Gasteiger partial charge in [0.2, 0.25) is 5.91 Å². The van der Waals surface area contributed by atoms with E-state index in [1.807, 2.05) is 26.8 Å². The van der Waals surface area contributed by atoms with Crippen molar-refractivity contribution >= 4 is 46.0 Å². The average molecular weight is 660 g/mol. The van der Waals surface area contributed by atoms with E-state index in [9.17, 15) is 14.0 Å². The van der Waals surface area contributed by atoms with Crippen LogP contribution in [0.25, 0.3) is 22.0 Å². The highest BCUT2D eigenvalue weighted by molar-refractivity contribution is 7.99. The summed E-state index contributed by atoms with van der Waals surface area (Å²) in [6, 6.07) is 3.73. The van der Waals surface area contributed by atoms with Gasteiger partial charge in [-0.1, -0.05) is 32.0 Å². The second-order valence-electron chi connectivity index (χ2n) is 11.8. The molecule has 1 aromatic heterocycles. The van der Waals surface area contributed by atoms with E-state index in [1.54, 1.807) is 9.47 Å². The maximum absolute atomic E-state index is 15.4. The molecule has 1 saturated heterocycles. The van der Waals surface area contributed by atoms with Gasteiger partial charge in [-0.25, -0.2) is 13.6 Å². The molecule has 2 aromatic carbocycles. The number of aromatic nitrogens is 2. The first-order valence-corrected chi connectivity index (χ1v) is 16.7. The first kappa shape index (κ1) is 33.4. The molecule has 0 radical (unpaired) electrons. The van der Waals surface area contributed by atoms with Crippen LogP contribution in [0.5, 0.6) is 0 Å². The number of benzene rings is 2. The van der Waals surface area contributed by atoms with E-state index in [4.69, 9.17) is 16.3 Å². The molecule has 0 saturated carbocycles. The van der Waals surface area contributed by atoms with Gasteiger partial charge in [0.25, 0.3) is 0 Å². The first-order valence-electron chi connectivity index (χ1n) is 15.4. The number of anilines is 1. The zero-order valence-corrected chi connectivity index (χ0v) is 28.0. The van der Waals surface area contributed by atoms with Gasteiger partial charge in [-0.15, -0.1) is 11.8 Å². The maximum atomic E-state index is 15.4. The van der Waals surface area contributed by atoms with Crippen molar-refractivity contribution < 1.29 is 18.3 Å². The van der Waals surface area contributed by atoms with Gasteiger partial charge < -0.3 is 19.4 Å². The average Bonchev–Trinajstić information content (AvgIpc) is 3.19. The van der Waals surface area contributed by atoms with E-state index in [0.29, 0.717) is 47.2 Å². The molecule has 3 aromatic rings. The number of piperazine rings is 1. The lowest BCUT2D eigenvalue weighted by molar-refractivity contribution is -0.130. The van der Waals surface area contributed by atoms with E-state index < -0.39 is 17.3 Å². The molecule has 1 amide bonds. The zero-order valence-electron chi connectivity index (χ0n) is 26.4. The quantitative estimate of drug-likeness (QED) is 0.214. The number of hydrogen-bond donors (Lipinski definition) is 0. The highest BCUT2D eigenvalue weighted by Crippen LogP contribution is 2.45. The lowest BCUT2D eigenvalue weighted by Gasteiger charge is -2.44. The van der Waals surface area contributed by atoms with Crippen molar-refractivity contribution in [2.75, 3.05) is 50.0 Å². The number of hydrogen-bond acceptors (Lipinski definition) is 7. The van der Waals surface area contributed by atoms with Gasteiger partial charge in [-0.05, 0) is 57.6 Å². The molecule has 2 aliphatic rings. The predicted molar refractivity (Wildman–Crippen MR) is 178 cm³/mol. The van der Waals surface area contributed by atoms with E-state index >= 15 is 4.39 Å². The Morgan fingerprint density at radius 1 is 1.16 bits per heavy atom. The van der Waals surface area contributed by atoms with Crippen LogP contribution in [0, 0.1) is 18.6 Å². The van der Waals surface area contributed by atoms with Crippen molar-refractivity contribution in [1.82, 2.24) is 19.4 Å². The van der Waals surface area contributed by atoms with Crippen LogP contribution < -0.4 is 10.6 Å². The third kappa shape index (κ3) is 6.50. The first-order chi connectivity index (χ1) is 21.5. The normalized spacial score (nSPS) is 20.2. The van der Waals surface area contributed by atoms with Gasteiger partial charge in [0.1, 0.15) is 17.5 Å². The molecule has 0 aliphatic carbocycles. The molecule has 0 unspecified atom stereocenters. The molecule has 5 rings (SSSR count). The topological polar surface area (TPSA) is 70.9 Å². The Balaban J connectivity index is 1.66. The van der Waals surface area contributed by atoms with Crippen molar-refractivity contribution in [1.29, 1.82) is 0 Å². The monoisotopic (exact) mass is 659 g/mol. The molecule has 2 aliphatic heterocycles.